The summed E-state index contributed by atoms with van der Waals surface area (Å²) in [6.45, 7) is 9.52. The van der Waals surface area contributed by atoms with Crippen LogP contribution in [0.5, 0.6) is 0 Å². The Bertz CT molecular complexity index is 484. The number of ether oxygens (including phenoxy) is 2. The number of hydrogen-bond donors (Lipinski definition) is 1. The van der Waals surface area contributed by atoms with Gasteiger partial charge in [0.05, 0.1) is 7.11 Å². The van der Waals surface area contributed by atoms with Crippen molar-refractivity contribution in [2.24, 2.45) is 11.8 Å². The van der Waals surface area contributed by atoms with Gasteiger partial charge in [0.15, 0.2) is 0 Å². The summed E-state index contributed by atoms with van der Waals surface area (Å²) >= 11 is 0. The second kappa shape index (κ2) is 10.9. The molecule has 1 radical (unpaired) electrons. The van der Waals surface area contributed by atoms with Gasteiger partial charge in [-0.3, -0.25) is 0 Å². The van der Waals surface area contributed by atoms with Crippen molar-refractivity contribution < 1.29 is 63.1 Å². The van der Waals surface area contributed by atoms with E-state index in [1.165, 1.54) is 7.11 Å². The molecule has 0 aliphatic heterocycles. The number of alkyl carbamates (subject to hydrolysis) is 1. The first kappa shape index (κ1) is 24.9. The Balaban J connectivity index is 0.00000576. The van der Waals surface area contributed by atoms with E-state index in [1.54, 1.807) is 26.8 Å². The van der Waals surface area contributed by atoms with Crippen LogP contribution in [0.2, 0.25) is 0 Å². The normalized spacial score (nSPS) is 21.2. The minimum atomic E-state index is -0.591. The number of esters is 1. The second-order valence-corrected chi connectivity index (χ2v) is 7.32. The number of carbonyl (C=O) groups is 2. The van der Waals surface area contributed by atoms with Gasteiger partial charge in [-0.15, -0.1) is 6.04 Å². The van der Waals surface area contributed by atoms with Crippen molar-refractivity contribution in [1.29, 1.82) is 0 Å². The third kappa shape index (κ3) is 7.56. The summed E-state index contributed by atoms with van der Waals surface area (Å²) in [5.74, 6) is -0.409. The van der Waals surface area contributed by atoms with E-state index in [0.717, 1.165) is 12.8 Å². The van der Waals surface area contributed by atoms with Crippen LogP contribution in [0.3, 0.4) is 0 Å². The third-order valence-electron chi connectivity index (χ3n) is 4.42. The molecule has 0 fully saturated rings. The smallest absolute Gasteiger partial charge is 0.407 e. The molecule has 141 valence electrons. The number of methoxy groups -OCH3 is 1. The number of carbonyl (C=O) groups excluding carboxylic acids is 2. The van der Waals surface area contributed by atoms with Crippen molar-refractivity contribution in [1.82, 2.24) is 5.32 Å². The molecular formula is C18H31AcN2O4-. The third-order valence-corrected chi connectivity index (χ3v) is 4.42. The second-order valence-electron chi connectivity index (χ2n) is 7.32. The minimum absolute atomic E-state index is 0. The van der Waals surface area contributed by atoms with Crippen LogP contribution in [0.25, 0.3) is 5.73 Å². The van der Waals surface area contributed by atoms with Crippen LogP contribution in [0.15, 0.2) is 11.6 Å². The summed E-state index contributed by atoms with van der Waals surface area (Å²) in [7, 11) is 1.34. The molecule has 0 heterocycles. The molecule has 3 atom stereocenters. The fourth-order valence-corrected chi connectivity index (χ4v) is 3.14. The zero-order valence-corrected chi connectivity index (χ0v) is 21.0. The van der Waals surface area contributed by atoms with Crippen LogP contribution in [-0.4, -0.2) is 36.9 Å². The zero-order valence-electron chi connectivity index (χ0n) is 16.2. The molecule has 0 bridgehead atoms. The maximum atomic E-state index is 12.1. The molecule has 1 rings (SSSR count). The zero-order chi connectivity index (χ0) is 18.5. The van der Waals surface area contributed by atoms with E-state index in [2.05, 4.69) is 19.2 Å². The summed E-state index contributed by atoms with van der Waals surface area (Å²) in [5.41, 5.74) is 8.51. The molecule has 25 heavy (non-hydrogen) atoms. The van der Waals surface area contributed by atoms with Crippen LogP contribution >= 0.6 is 0 Å². The first-order valence-corrected chi connectivity index (χ1v) is 8.62. The van der Waals surface area contributed by atoms with Gasteiger partial charge in [0.1, 0.15) is 5.60 Å². The number of nitrogens with one attached hydrogen (secondary N) is 2. The van der Waals surface area contributed by atoms with Crippen LogP contribution in [0, 0.1) is 55.9 Å². The molecule has 1 unspecified atom stereocenters. The molecule has 0 aromatic rings. The van der Waals surface area contributed by atoms with Crippen LogP contribution in [-0.2, 0) is 14.3 Å². The standard InChI is InChI=1S/C18H31N2O4.Ac/c1-7-11(8-2)15(19)13-9-12(16(21)23-6)10-14(13)20-17(22)24-18(3,4)5;/h9,11,13-15,19H,7-8,10H2,1-6H3,(H,20,22);/q-1;/t13-,14-,15?;/m1./s1. The molecular weight excluding hydrogens is 535 g/mol. The van der Waals surface area contributed by atoms with Gasteiger partial charge in [0.25, 0.3) is 0 Å². The monoisotopic (exact) mass is 566 g/mol. The summed E-state index contributed by atoms with van der Waals surface area (Å²) in [4.78, 5) is 24.0. The van der Waals surface area contributed by atoms with E-state index >= 15 is 0 Å². The van der Waals surface area contributed by atoms with E-state index in [1.807, 2.05) is 0 Å². The Morgan fingerprint density at radius 2 is 1.88 bits per heavy atom. The Labute approximate surface area is 187 Å². The summed E-state index contributed by atoms with van der Waals surface area (Å²) < 4.78 is 10.1. The van der Waals surface area contributed by atoms with E-state index in [9.17, 15) is 9.59 Å². The van der Waals surface area contributed by atoms with Gasteiger partial charge in [-0.1, -0.05) is 38.7 Å². The van der Waals surface area contributed by atoms with Crippen molar-refractivity contribution in [2.45, 2.75) is 71.6 Å². The number of rotatable bonds is 6. The Hall–Kier alpha value is -0.118. The predicted octanol–water partition coefficient (Wildman–Crippen LogP) is 3.86. The largest absolute Gasteiger partial charge is 0.674 e. The van der Waals surface area contributed by atoms with Crippen LogP contribution in [0.1, 0.15) is 53.9 Å². The molecule has 1 amide bonds. The molecule has 1 aliphatic rings. The molecule has 0 spiro atoms. The number of hydrogen-bond acceptors (Lipinski definition) is 4. The van der Waals surface area contributed by atoms with Gasteiger partial charge in [-0.05, 0) is 26.7 Å². The van der Waals surface area contributed by atoms with Crippen molar-refractivity contribution in [3.8, 4) is 0 Å². The number of amides is 1. The molecule has 0 saturated carbocycles. The van der Waals surface area contributed by atoms with E-state index in [4.69, 9.17) is 15.2 Å². The fourth-order valence-electron chi connectivity index (χ4n) is 3.14. The molecule has 6 nitrogen and oxygen atoms in total. The molecule has 1 aliphatic carbocycles. The van der Waals surface area contributed by atoms with Gasteiger partial charge in [-0.25, -0.2) is 9.59 Å². The van der Waals surface area contributed by atoms with E-state index in [0.29, 0.717) is 12.0 Å². The fraction of sp³-hybridized carbons (Fsp3) is 0.778. The Kier molecular flexibility index (Phi) is 10.8. The molecule has 7 heteroatoms. The summed E-state index contributed by atoms with van der Waals surface area (Å²) in [6.07, 6.45) is 3.42. The van der Waals surface area contributed by atoms with Crippen molar-refractivity contribution in [3.05, 3.63) is 17.4 Å². The molecule has 0 aromatic carbocycles. The Morgan fingerprint density at radius 1 is 1.32 bits per heavy atom. The van der Waals surface area contributed by atoms with Gasteiger partial charge in [-0.2, -0.15) is 0 Å². The summed E-state index contributed by atoms with van der Waals surface area (Å²) in [6, 6.07) is -0.709. The first-order valence-electron chi connectivity index (χ1n) is 8.62. The van der Waals surface area contributed by atoms with Crippen molar-refractivity contribution >= 4 is 12.1 Å². The molecule has 0 aromatic heterocycles. The van der Waals surface area contributed by atoms with E-state index < -0.39 is 17.7 Å². The van der Waals surface area contributed by atoms with Crippen LogP contribution < -0.4 is 5.32 Å². The average Bonchev–Trinajstić information content (AvgIpc) is 2.89. The van der Waals surface area contributed by atoms with Crippen molar-refractivity contribution in [3.63, 3.8) is 0 Å². The maximum Gasteiger partial charge on any atom is 0.407 e. The molecule has 2 N–H and O–H groups in total. The summed E-state index contributed by atoms with van der Waals surface area (Å²) in [5, 5.41) is 2.84. The van der Waals surface area contributed by atoms with E-state index in [-0.39, 0.29) is 68.0 Å². The Morgan fingerprint density at radius 3 is 2.32 bits per heavy atom. The predicted molar refractivity (Wildman–Crippen MR) is 93.5 cm³/mol. The van der Waals surface area contributed by atoms with Gasteiger partial charge >= 0.3 is 12.1 Å². The van der Waals surface area contributed by atoms with Gasteiger partial charge in [0, 0.05) is 62.1 Å². The van der Waals surface area contributed by atoms with Crippen LogP contribution in [0.4, 0.5) is 4.79 Å². The van der Waals surface area contributed by atoms with Crippen molar-refractivity contribution in [2.75, 3.05) is 7.11 Å². The van der Waals surface area contributed by atoms with Gasteiger partial charge < -0.3 is 20.5 Å². The minimum Gasteiger partial charge on any atom is -0.674 e. The SMILES string of the molecule is CCC(CC)C([NH-])[C@@H]1C=C(C(=O)OC)C[C@H]1NC(=O)OC(C)(C)C.[Ac]. The maximum absolute atomic E-state index is 12.1. The average molecular weight is 566 g/mol. The molecule has 0 saturated heterocycles. The quantitative estimate of drug-likeness (QED) is 0.495. The first-order chi connectivity index (χ1) is 11.1. The topological polar surface area (TPSA) is 88.4 Å². The van der Waals surface area contributed by atoms with Gasteiger partial charge in [0.2, 0.25) is 0 Å².